The second kappa shape index (κ2) is 11.0. The van der Waals surface area contributed by atoms with Crippen LogP contribution >= 0.6 is 0 Å². The summed E-state index contributed by atoms with van der Waals surface area (Å²) in [6.07, 6.45) is 16.2. The number of phenols is 1. The van der Waals surface area contributed by atoms with Crippen LogP contribution < -0.4 is 15.4 Å². The van der Waals surface area contributed by atoms with Gasteiger partial charge in [-0.3, -0.25) is 9.78 Å². The molecule has 7 heteroatoms. The lowest BCUT2D eigenvalue weighted by molar-refractivity contribution is -0.112. The molecule has 0 bridgehead atoms. The van der Waals surface area contributed by atoms with Crippen LogP contribution in [0.15, 0.2) is 103 Å². The fourth-order valence-electron chi connectivity index (χ4n) is 3.52. The fourth-order valence-corrected chi connectivity index (χ4v) is 3.52. The Labute approximate surface area is 204 Å². The number of ether oxygens (including phenoxy) is 1. The highest BCUT2D eigenvalue weighted by atomic mass is 16.5. The van der Waals surface area contributed by atoms with Crippen molar-refractivity contribution in [2.75, 3.05) is 17.7 Å². The number of methoxy groups -OCH3 is 1. The lowest BCUT2D eigenvalue weighted by atomic mass is 10.1. The van der Waals surface area contributed by atoms with Crippen molar-refractivity contribution in [2.24, 2.45) is 0 Å². The van der Waals surface area contributed by atoms with Gasteiger partial charge in [0, 0.05) is 16.8 Å². The van der Waals surface area contributed by atoms with E-state index in [0.29, 0.717) is 28.5 Å². The third kappa shape index (κ3) is 6.03. The number of aromatic hydroxyl groups is 1. The molecule has 176 valence electrons. The SMILES string of the molecule is COc1cc(-c2cncc(NC(C)c3cccc(NC(=O)C4=C/C=C/C=C/C=C\4)c3)n2)ccc1O. The van der Waals surface area contributed by atoms with E-state index in [1.807, 2.05) is 61.6 Å². The number of anilines is 2. The van der Waals surface area contributed by atoms with Gasteiger partial charge in [0.15, 0.2) is 11.5 Å². The standard InChI is InChI=1S/C28H26N4O3/c1-19(30-27-18-29-17-24(32-27)22-13-14-25(33)26(16-22)35-2)21-11-8-12-23(15-21)31-28(34)20-9-6-4-3-5-7-10-20/h3-19,33H,1-2H3,(H,30,32)(H,31,34)/b4-3+,5-3?,6-4?,7-5+,9-6-,10-7?,20-9?,20-10+. The molecule has 4 rings (SSSR count). The predicted octanol–water partition coefficient (Wildman–Crippen LogP) is 5.58. The molecule has 35 heavy (non-hydrogen) atoms. The summed E-state index contributed by atoms with van der Waals surface area (Å²) >= 11 is 0. The van der Waals surface area contributed by atoms with Crippen molar-refractivity contribution in [3.05, 3.63) is 109 Å². The molecular weight excluding hydrogens is 440 g/mol. The number of aromatic nitrogens is 2. The van der Waals surface area contributed by atoms with E-state index in [1.54, 1.807) is 42.7 Å². The van der Waals surface area contributed by atoms with Gasteiger partial charge in [-0.25, -0.2) is 4.98 Å². The Morgan fingerprint density at radius 2 is 1.86 bits per heavy atom. The van der Waals surface area contributed by atoms with Gasteiger partial charge in [0.2, 0.25) is 0 Å². The number of hydrogen-bond acceptors (Lipinski definition) is 6. The average Bonchev–Trinajstić information content (AvgIpc) is 2.84. The molecule has 0 spiro atoms. The highest BCUT2D eigenvalue weighted by molar-refractivity contribution is 6.06. The van der Waals surface area contributed by atoms with E-state index in [0.717, 1.165) is 11.1 Å². The number of benzene rings is 2. The molecule has 1 aliphatic carbocycles. The van der Waals surface area contributed by atoms with Gasteiger partial charge in [-0.2, -0.15) is 0 Å². The molecule has 3 N–H and O–H groups in total. The molecule has 1 heterocycles. The Morgan fingerprint density at radius 3 is 2.71 bits per heavy atom. The highest BCUT2D eigenvalue weighted by Gasteiger charge is 2.12. The number of rotatable bonds is 7. The largest absolute Gasteiger partial charge is 0.504 e. The van der Waals surface area contributed by atoms with Gasteiger partial charge in [0.1, 0.15) is 5.82 Å². The summed E-state index contributed by atoms with van der Waals surface area (Å²) in [6.45, 7) is 2.01. The molecular formula is C28H26N4O3. The van der Waals surface area contributed by atoms with E-state index >= 15 is 0 Å². The van der Waals surface area contributed by atoms with Crippen molar-refractivity contribution in [3.63, 3.8) is 0 Å². The van der Waals surface area contributed by atoms with Crippen molar-refractivity contribution >= 4 is 17.4 Å². The van der Waals surface area contributed by atoms with Crippen LogP contribution in [0.5, 0.6) is 11.5 Å². The molecule has 7 nitrogen and oxygen atoms in total. The molecule has 1 aliphatic rings. The maximum atomic E-state index is 12.7. The zero-order valence-corrected chi connectivity index (χ0v) is 19.5. The minimum atomic E-state index is -0.179. The van der Waals surface area contributed by atoms with Crippen LogP contribution in [0, 0.1) is 0 Å². The van der Waals surface area contributed by atoms with Crippen LogP contribution in [0.4, 0.5) is 11.5 Å². The summed E-state index contributed by atoms with van der Waals surface area (Å²) in [5.74, 6) is 0.852. The molecule has 0 aliphatic heterocycles. The Kier molecular flexibility index (Phi) is 7.37. The van der Waals surface area contributed by atoms with E-state index in [4.69, 9.17) is 4.74 Å². The first kappa shape index (κ1) is 23.5. The van der Waals surface area contributed by atoms with Gasteiger partial charge in [0.05, 0.1) is 31.2 Å². The van der Waals surface area contributed by atoms with Gasteiger partial charge in [-0.15, -0.1) is 0 Å². The van der Waals surface area contributed by atoms with E-state index < -0.39 is 0 Å². The summed E-state index contributed by atoms with van der Waals surface area (Å²) in [7, 11) is 1.50. The lowest BCUT2D eigenvalue weighted by Gasteiger charge is -2.17. The van der Waals surface area contributed by atoms with Crippen LogP contribution in [0.2, 0.25) is 0 Å². The Balaban J connectivity index is 1.47. The fraction of sp³-hybridized carbons (Fsp3) is 0.107. The van der Waals surface area contributed by atoms with Crippen LogP contribution in [0.1, 0.15) is 18.5 Å². The Morgan fingerprint density at radius 1 is 1.03 bits per heavy atom. The van der Waals surface area contributed by atoms with Crippen molar-refractivity contribution in [2.45, 2.75) is 13.0 Å². The summed E-state index contributed by atoms with van der Waals surface area (Å²) < 4.78 is 5.19. The molecule has 1 aromatic heterocycles. The summed E-state index contributed by atoms with van der Waals surface area (Å²) in [5.41, 5.74) is 3.67. The first-order valence-corrected chi connectivity index (χ1v) is 11.1. The summed E-state index contributed by atoms with van der Waals surface area (Å²) in [5, 5.41) is 16.2. The third-order valence-corrected chi connectivity index (χ3v) is 5.38. The molecule has 0 fully saturated rings. The second-order valence-corrected chi connectivity index (χ2v) is 7.87. The number of carbonyl (C=O) groups excluding carboxylic acids is 1. The minimum absolute atomic E-state index is 0.0641. The minimum Gasteiger partial charge on any atom is -0.504 e. The molecule has 1 unspecified atom stereocenters. The first-order chi connectivity index (χ1) is 17.0. The second-order valence-electron chi connectivity index (χ2n) is 7.87. The number of carbonyl (C=O) groups is 1. The van der Waals surface area contributed by atoms with E-state index in [1.165, 1.54) is 7.11 Å². The molecule has 0 radical (unpaired) electrons. The van der Waals surface area contributed by atoms with Gasteiger partial charge < -0.3 is 20.5 Å². The third-order valence-electron chi connectivity index (χ3n) is 5.38. The van der Waals surface area contributed by atoms with Crippen LogP contribution in [-0.2, 0) is 4.79 Å². The maximum Gasteiger partial charge on any atom is 0.255 e. The molecule has 1 amide bonds. The van der Waals surface area contributed by atoms with E-state index in [-0.39, 0.29) is 17.7 Å². The molecule has 1 atom stereocenters. The smallest absolute Gasteiger partial charge is 0.255 e. The molecule has 2 aromatic carbocycles. The van der Waals surface area contributed by atoms with Crippen LogP contribution in [0.3, 0.4) is 0 Å². The highest BCUT2D eigenvalue weighted by Crippen LogP contribution is 2.31. The molecule has 0 saturated carbocycles. The zero-order chi connectivity index (χ0) is 24.6. The molecule has 3 aromatic rings. The van der Waals surface area contributed by atoms with Gasteiger partial charge in [-0.05, 0) is 55.0 Å². The number of nitrogens with one attached hydrogen (secondary N) is 2. The Hall–Kier alpha value is -4.65. The summed E-state index contributed by atoms with van der Waals surface area (Å²) in [6, 6.07) is 12.6. The number of amides is 1. The van der Waals surface area contributed by atoms with Crippen molar-refractivity contribution in [1.82, 2.24) is 9.97 Å². The van der Waals surface area contributed by atoms with Crippen molar-refractivity contribution in [1.29, 1.82) is 0 Å². The number of hydrogen-bond donors (Lipinski definition) is 3. The van der Waals surface area contributed by atoms with Gasteiger partial charge in [0.25, 0.3) is 5.91 Å². The van der Waals surface area contributed by atoms with Crippen molar-refractivity contribution in [3.8, 4) is 22.8 Å². The first-order valence-electron chi connectivity index (χ1n) is 11.1. The van der Waals surface area contributed by atoms with Gasteiger partial charge >= 0.3 is 0 Å². The van der Waals surface area contributed by atoms with E-state index in [9.17, 15) is 9.90 Å². The lowest BCUT2D eigenvalue weighted by Crippen LogP contribution is -2.14. The summed E-state index contributed by atoms with van der Waals surface area (Å²) in [4.78, 5) is 21.7. The number of allylic oxidation sites excluding steroid dienone is 6. The molecule has 0 saturated heterocycles. The monoisotopic (exact) mass is 466 g/mol. The van der Waals surface area contributed by atoms with Gasteiger partial charge in [-0.1, -0.05) is 42.5 Å². The number of phenolic OH excluding ortho intramolecular Hbond substituents is 1. The topological polar surface area (TPSA) is 96.4 Å². The van der Waals surface area contributed by atoms with E-state index in [2.05, 4.69) is 20.6 Å². The zero-order valence-electron chi connectivity index (χ0n) is 19.5. The van der Waals surface area contributed by atoms with Crippen LogP contribution in [0.25, 0.3) is 11.3 Å². The normalized spacial score (nSPS) is 17.6. The quantitative estimate of drug-likeness (QED) is 0.421. The number of nitrogens with zero attached hydrogens (tertiary/aromatic N) is 2. The maximum absolute atomic E-state index is 12.7. The Bertz CT molecular complexity index is 1340. The predicted molar refractivity (Wildman–Crippen MR) is 138 cm³/mol. The van der Waals surface area contributed by atoms with Crippen molar-refractivity contribution < 1.29 is 14.6 Å². The average molecular weight is 467 g/mol. The van der Waals surface area contributed by atoms with Crippen LogP contribution in [-0.4, -0.2) is 28.1 Å².